The van der Waals surface area contributed by atoms with Crippen molar-refractivity contribution in [2.24, 2.45) is 11.8 Å². The van der Waals surface area contributed by atoms with Crippen LogP contribution in [0.2, 0.25) is 0 Å². The van der Waals surface area contributed by atoms with Gasteiger partial charge in [0.15, 0.2) is 0 Å². The molecule has 1 aromatic carbocycles. The van der Waals surface area contributed by atoms with Crippen molar-refractivity contribution in [3.63, 3.8) is 0 Å². The number of aromatic hydroxyl groups is 1. The summed E-state index contributed by atoms with van der Waals surface area (Å²) in [5.41, 5.74) is -0.0818. The van der Waals surface area contributed by atoms with Gasteiger partial charge in [-0.3, -0.25) is 4.79 Å². The highest BCUT2D eigenvalue weighted by atomic mass is 16.5. The number of methoxy groups -OCH3 is 1. The molecule has 1 aliphatic rings. The standard InChI is InChI=1S/C19H22O5/c1-23-18(21)14(12-7-3-2-4-8-12)11-15-17(20)13-9-5-6-10-16(13)24-19(15)22/h5-6,9-10,12,14,20H,2-4,7-8,11H2,1H3. The zero-order valence-corrected chi connectivity index (χ0v) is 13.8. The summed E-state index contributed by atoms with van der Waals surface area (Å²) >= 11 is 0. The van der Waals surface area contributed by atoms with E-state index < -0.39 is 11.5 Å². The Labute approximate surface area is 140 Å². The first-order valence-corrected chi connectivity index (χ1v) is 8.43. The van der Waals surface area contributed by atoms with Crippen molar-refractivity contribution >= 4 is 16.9 Å². The molecule has 0 spiro atoms. The van der Waals surface area contributed by atoms with E-state index in [1.165, 1.54) is 13.5 Å². The Morgan fingerprint density at radius 1 is 1.29 bits per heavy atom. The summed E-state index contributed by atoms with van der Waals surface area (Å²) in [6.45, 7) is 0. The number of esters is 1. The molecule has 24 heavy (non-hydrogen) atoms. The summed E-state index contributed by atoms with van der Waals surface area (Å²) < 4.78 is 10.3. The first-order chi connectivity index (χ1) is 11.6. The smallest absolute Gasteiger partial charge is 0.343 e. The molecule has 2 aromatic rings. The van der Waals surface area contributed by atoms with Crippen LogP contribution in [0.25, 0.3) is 11.0 Å². The van der Waals surface area contributed by atoms with Gasteiger partial charge in [0.25, 0.3) is 0 Å². The lowest BCUT2D eigenvalue weighted by atomic mass is 9.77. The van der Waals surface area contributed by atoms with Gasteiger partial charge >= 0.3 is 11.6 Å². The maximum Gasteiger partial charge on any atom is 0.343 e. The van der Waals surface area contributed by atoms with Crippen LogP contribution in [0.4, 0.5) is 0 Å². The van der Waals surface area contributed by atoms with Crippen LogP contribution >= 0.6 is 0 Å². The minimum absolute atomic E-state index is 0.0911. The fourth-order valence-corrected chi connectivity index (χ4v) is 3.70. The van der Waals surface area contributed by atoms with Crippen LogP contribution in [0.1, 0.15) is 37.7 Å². The van der Waals surface area contributed by atoms with Gasteiger partial charge in [-0.05, 0) is 37.3 Å². The van der Waals surface area contributed by atoms with Gasteiger partial charge in [-0.15, -0.1) is 0 Å². The van der Waals surface area contributed by atoms with Crippen LogP contribution in [0.3, 0.4) is 0 Å². The Morgan fingerprint density at radius 3 is 2.71 bits per heavy atom. The lowest BCUT2D eigenvalue weighted by Crippen LogP contribution is -2.30. The highest BCUT2D eigenvalue weighted by molar-refractivity contribution is 5.84. The normalized spacial score (nSPS) is 16.9. The van der Waals surface area contributed by atoms with Gasteiger partial charge in [-0.2, -0.15) is 0 Å². The van der Waals surface area contributed by atoms with Gasteiger partial charge in [0.1, 0.15) is 11.3 Å². The molecule has 0 aliphatic heterocycles. The molecule has 1 atom stereocenters. The second-order valence-electron chi connectivity index (χ2n) is 6.44. The highest BCUT2D eigenvalue weighted by Crippen LogP contribution is 2.35. The maximum absolute atomic E-state index is 12.3. The highest BCUT2D eigenvalue weighted by Gasteiger charge is 2.32. The van der Waals surface area contributed by atoms with Gasteiger partial charge < -0.3 is 14.3 Å². The average molecular weight is 330 g/mol. The van der Waals surface area contributed by atoms with Gasteiger partial charge in [-0.25, -0.2) is 4.79 Å². The zero-order valence-electron chi connectivity index (χ0n) is 13.8. The number of hydrogen-bond acceptors (Lipinski definition) is 5. The molecular weight excluding hydrogens is 308 g/mol. The minimum Gasteiger partial charge on any atom is -0.507 e. The van der Waals surface area contributed by atoms with Gasteiger partial charge in [0, 0.05) is 0 Å². The van der Waals surface area contributed by atoms with Crippen molar-refractivity contribution < 1.29 is 19.1 Å². The monoisotopic (exact) mass is 330 g/mol. The SMILES string of the molecule is COC(=O)C(Cc1c(O)c2ccccc2oc1=O)C1CCCCC1. The fourth-order valence-electron chi connectivity index (χ4n) is 3.70. The minimum atomic E-state index is -0.587. The van der Waals surface area contributed by atoms with Gasteiger partial charge in [0.2, 0.25) is 0 Å². The largest absolute Gasteiger partial charge is 0.507 e. The molecule has 1 aromatic heterocycles. The third kappa shape index (κ3) is 3.16. The Hall–Kier alpha value is -2.30. The molecule has 0 radical (unpaired) electrons. The molecule has 128 valence electrons. The number of hydrogen-bond donors (Lipinski definition) is 1. The number of benzene rings is 1. The molecule has 5 nitrogen and oxygen atoms in total. The molecular formula is C19H22O5. The van der Waals surface area contributed by atoms with Crippen LogP contribution in [0.5, 0.6) is 5.75 Å². The lowest BCUT2D eigenvalue weighted by Gasteiger charge is -2.28. The predicted molar refractivity (Wildman–Crippen MR) is 89.9 cm³/mol. The molecule has 1 aliphatic carbocycles. The van der Waals surface area contributed by atoms with E-state index in [1.807, 2.05) is 0 Å². The molecule has 1 unspecified atom stereocenters. The first kappa shape index (κ1) is 16.6. The van der Waals surface area contributed by atoms with E-state index in [0.717, 1.165) is 25.7 Å². The van der Waals surface area contributed by atoms with Crippen molar-refractivity contribution in [2.45, 2.75) is 38.5 Å². The molecule has 1 saturated carbocycles. The van der Waals surface area contributed by atoms with Crippen molar-refractivity contribution in [1.29, 1.82) is 0 Å². The average Bonchev–Trinajstić information content (AvgIpc) is 2.62. The number of para-hydroxylation sites is 1. The summed E-state index contributed by atoms with van der Waals surface area (Å²) in [6, 6.07) is 6.85. The zero-order chi connectivity index (χ0) is 17.1. The van der Waals surface area contributed by atoms with Crippen LogP contribution < -0.4 is 5.63 Å². The van der Waals surface area contributed by atoms with E-state index in [2.05, 4.69) is 0 Å². The van der Waals surface area contributed by atoms with E-state index in [-0.39, 0.29) is 29.6 Å². The molecule has 0 saturated heterocycles. The molecule has 1 heterocycles. The third-order valence-corrected chi connectivity index (χ3v) is 5.02. The number of rotatable bonds is 4. The molecule has 0 bridgehead atoms. The van der Waals surface area contributed by atoms with Gasteiger partial charge in [-0.1, -0.05) is 31.4 Å². The van der Waals surface area contributed by atoms with E-state index in [4.69, 9.17) is 9.15 Å². The quantitative estimate of drug-likeness (QED) is 0.686. The summed E-state index contributed by atoms with van der Waals surface area (Å²) in [5.74, 6) is -0.665. The van der Waals surface area contributed by atoms with Crippen molar-refractivity contribution in [3.05, 3.63) is 40.2 Å². The van der Waals surface area contributed by atoms with Crippen molar-refractivity contribution in [1.82, 2.24) is 0 Å². The first-order valence-electron chi connectivity index (χ1n) is 8.43. The van der Waals surface area contributed by atoms with Crippen molar-refractivity contribution in [2.75, 3.05) is 7.11 Å². The maximum atomic E-state index is 12.3. The number of carbonyl (C=O) groups is 1. The van der Waals surface area contributed by atoms with E-state index in [9.17, 15) is 14.7 Å². The Balaban J connectivity index is 1.98. The topological polar surface area (TPSA) is 76.7 Å². The Bertz CT molecular complexity index is 786. The number of fused-ring (bicyclic) bond motifs is 1. The predicted octanol–water partition coefficient (Wildman–Crippen LogP) is 3.41. The lowest BCUT2D eigenvalue weighted by molar-refractivity contribution is -0.147. The molecule has 0 amide bonds. The van der Waals surface area contributed by atoms with Crippen LogP contribution in [0, 0.1) is 11.8 Å². The third-order valence-electron chi connectivity index (χ3n) is 5.02. The summed E-state index contributed by atoms with van der Waals surface area (Å²) in [4.78, 5) is 24.6. The van der Waals surface area contributed by atoms with E-state index in [0.29, 0.717) is 11.0 Å². The molecule has 5 heteroatoms. The summed E-state index contributed by atoms with van der Waals surface area (Å²) in [7, 11) is 1.36. The number of carbonyl (C=O) groups excluding carboxylic acids is 1. The van der Waals surface area contributed by atoms with E-state index >= 15 is 0 Å². The molecule has 1 fully saturated rings. The Kier molecular flexibility index (Phi) is 4.88. The van der Waals surface area contributed by atoms with Crippen LogP contribution in [0.15, 0.2) is 33.5 Å². The fraction of sp³-hybridized carbons (Fsp3) is 0.474. The summed E-state index contributed by atoms with van der Waals surface area (Å²) in [6.07, 6.45) is 5.37. The summed E-state index contributed by atoms with van der Waals surface area (Å²) in [5, 5.41) is 11.0. The number of ether oxygens (including phenoxy) is 1. The van der Waals surface area contributed by atoms with Crippen molar-refractivity contribution in [3.8, 4) is 5.75 Å². The van der Waals surface area contributed by atoms with Crippen LogP contribution in [-0.2, 0) is 16.0 Å². The second-order valence-corrected chi connectivity index (χ2v) is 6.44. The molecule has 1 N–H and O–H groups in total. The van der Waals surface area contributed by atoms with Gasteiger partial charge in [0.05, 0.1) is 24.0 Å². The van der Waals surface area contributed by atoms with Crippen LogP contribution in [-0.4, -0.2) is 18.2 Å². The molecule has 3 rings (SSSR count). The van der Waals surface area contributed by atoms with E-state index in [1.54, 1.807) is 24.3 Å². The second kappa shape index (κ2) is 7.07. The Morgan fingerprint density at radius 2 is 2.00 bits per heavy atom.